The predicted octanol–water partition coefficient (Wildman–Crippen LogP) is 4.04. The summed E-state index contributed by atoms with van der Waals surface area (Å²) >= 11 is 9.00. The molecule has 0 saturated heterocycles. The molecule has 0 unspecified atom stereocenters. The summed E-state index contributed by atoms with van der Waals surface area (Å²) in [6, 6.07) is 11.1. The summed E-state index contributed by atoms with van der Waals surface area (Å²) < 4.78 is 7.16. The number of carbonyl (C=O) groups excluding carboxylic acids is 1. The van der Waals surface area contributed by atoms with Crippen LogP contribution in [0.5, 0.6) is 0 Å². The molecule has 3 rings (SSSR count). The van der Waals surface area contributed by atoms with Crippen molar-refractivity contribution in [3.05, 3.63) is 46.8 Å². The summed E-state index contributed by atoms with van der Waals surface area (Å²) in [4.78, 5) is 13.3. The van der Waals surface area contributed by atoms with Gasteiger partial charge in [-0.2, -0.15) is 0 Å². The molecular formula is C17H17ClN4O2S2. The van der Waals surface area contributed by atoms with Crippen molar-refractivity contribution in [3.63, 3.8) is 0 Å². The number of methoxy groups -OCH3 is 1. The van der Waals surface area contributed by atoms with Crippen molar-refractivity contribution >= 4 is 46.3 Å². The van der Waals surface area contributed by atoms with Crippen molar-refractivity contribution in [1.29, 1.82) is 0 Å². The number of halogens is 1. The molecule has 3 aromatic rings. The first-order valence-electron chi connectivity index (χ1n) is 7.82. The highest BCUT2D eigenvalue weighted by atomic mass is 35.5. The Morgan fingerprint density at radius 3 is 2.88 bits per heavy atom. The molecule has 9 heteroatoms. The summed E-state index contributed by atoms with van der Waals surface area (Å²) in [7, 11) is 1.65. The molecule has 0 radical (unpaired) electrons. The zero-order chi connectivity index (χ0) is 18.4. The number of aromatic nitrogens is 3. The first-order valence-corrected chi connectivity index (χ1v) is 10.1. The van der Waals surface area contributed by atoms with Crippen molar-refractivity contribution in [1.82, 2.24) is 14.8 Å². The Balaban J connectivity index is 1.69. The molecule has 0 aliphatic carbocycles. The Morgan fingerprint density at radius 2 is 2.15 bits per heavy atom. The van der Waals surface area contributed by atoms with Gasteiger partial charge in [0.2, 0.25) is 5.91 Å². The highest BCUT2D eigenvalue weighted by Gasteiger charge is 2.16. The SMILES string of the molecule is COCCn1c(SCC(=O)Nc2ccccc2Cl)nnc1-c1cccs1. The lowest BCUT2D eigenvalue weighted by Gasteiger charge is -2.09. The summed E-state index contributed by atoms with van der Waals surface area (Å²) in [5.74, 6) is 0.842. The fraction of sp³-hybridized carbons (Fsp3) is 0.235. The van der Waals surface area contributed by atoms with E-state index in [0.29, 0.717) is 29.0 Å². The van der Waals surface area contributed by atoms with Gasteiger partial charge in [0.25, 0.3) is 0 Å². The Kier molecular flexibility index (Phi) is 6.67. The molecule has 2 aromatic heterocycles. The minimum Gasteiger partial charge on any atom is -0.383 e. The molecule has 136 valence electrons. The monoisotopic (exact) mass is 408 g/mol. The Hall–Kier alpha value is -1.87. The number of hydrogen-bond donors (Lipinski definition) is 1. The molecule has 26 heavy (non-hydrogen) atoms. The van der Waals surface area contributed by atoms with E-state index in [1.54, 1.807) is 30.6 Å². The lowest BCUT2D eigenvalue weighted by Crippen LogP contribution is -2.15. The van der Waals surface area contributed by atoms with Gasteiger partial charge in [-0.3, -0.25) is 9.36 Å². The number of para-hydroxylation sites is 1. The van der Waals surface area contributed by atoms with Crippen LogP contribution in [0.15, 0.2) is 46.9 Å². The summed E-state index contributed by atoms with van der Waals surface area (Å²) in [5, 5.41) is 14.5. The van der Waals surface area contributed by atoms with E-state index in [1.807, 2.05) is 34.2 Å². The summed E-state index contributed by atoms with van der Waals surface area (Å²) in [6.45, 7) is 1.15. The normalized spacial score (nSPS) is 10.8. The molecule has 1 N–H and O–H groups in total. The van der Waals surface area contributed by atoms with Gasteiger partial charge in [-0.25, -0.2) is 0 Å². The molecule has 0 bridgehead atoms. The topological polar surface area (TPSA) is 69.0 Å². The first-order chi connectivity index (χ1) is 12.7. The van der Waals surface area contributed by atoms with Crippen LogP contribution in [0.2, 0.25) is 5.02 Å². The molecule has 6 nitrogen and oxygen atoms in total. The van der Waals surface area contributed by atoms with E-state index >= 15 is 0 Å². The van der Waals surface area contributed by atoms with Gasteiger partial charge in [0, 0.05) is 7.11 Å². The third-order valence-corrected chi connectivity index (χ3v) is 5.62. The number of ether oxygens (including phenoxy) is 1. The molecule has 0 fully saturated rings. The number of amides is 1. The summed E-state index contributed by atoms with van der Waals surface area (Å²) in [5.41, 5.74) is 0.597. The van der Waals surface area contributed by atoms with Crippen molar-refractivity contribution in [2.24, 2.45) is 0 Å². The van der Waals surface area contributed by atoms with Gasteiger partial charge >= 0.3 is 0 Å². The zero-order valence-corrected chi connectivity index (χ0v) is 16.4. The van der Waals surface area contributed by atoms with Crippen LogP contribution < -0.4 is 5.32 Å². The number of benzene rings is 1. The number of nitrogens with one attached hydrogen (secondary N) is 1. The molecule has 1 aromatic carbocycles. The van der Waals surface area contributed by atoms with Crippen LogP contribution >= 0.6 is 34.7 Å². The van der Waals surface area contributed by atoms with Gasteiger partial charge in [-0.15, -0.1) is 21.5 Å². The number of thiophene rings is 1. The third-order valence-electron chi connectivity index (χ3n) is 3.46. The smallest absolute Gasteiger partial charge is 0.234 e. The van der Waals surface area contributed by atoms with Gasteiger partial charge in [-0.05, 0) is 23.6 Å². The Morgan fingerprint density at radius 1 is 1.31 bits per heavy atom. The number of nitrogens with zero attached hydrogens (tertiary/aromatic N) is 3. The number of hydrogen-bond acceptors (Lipinski definition) is 6. The highest BCUT2D eigenvalue weighted by Crippen LogP contribution is 2.27. The van der Waals surface area contributed by atoms with E-state index in [-0.39, 0.29) is 11.7 Å². The summed E-state index contributed by atoms with van der Waals surface area (Å²) in [6.07, 6.45) is 0. The molecule has 0 saturated carbocycles. The van der Waals surface area contributed by atoms with Crippen molar-refractivity contribution in [3.8, 4) is 10.7 Å². The maximum absolute atomic E-state index is 12.2. The maximum Gasteiger partial charge on any atom is 0.234 e. The van der Waals surface area contributed by atoms with Crippen LogP contribution in [0.4, 0.5) is 5.69 Å². The van der Waals surface area contributed by atoms with Gasteiger partial charge in [0.15, 0.2) is 11.0 Å². The molecule has 0 atom stereocenters. The van der Waals surface area contributed by atoms with E-state index in [0.717, 1.165) is 10.7 Å². The first kappa shape index (κ1) is 18.9. The van der Waals surface area contributed by atoms with Crippen LogP contribution in [0, 0.1) is 0 Å². The Labute approximate surface area is 164 Å². The quantitative estimate of drug-likeness (QED) is 0.570. The van der Waals surface area contributed by atoms with Crippen LogP contribution in [0.3, 0.4) is 0 Å². The number of thioether (sulfide) groups is 1. The van der Waals surface area contributed by atoms with Crippen molar-refractivity contribution in [2.45, 2.75) is 11.7 Å². The minimum atomic E-state index is -0.151. The lowest BCUT2D eigenvalue weighted by molar-refractivity contribution is -0.113. The highest BCUT2D eigenvalue weighted by molar-refractivity contribution is 7.99. The van der Waals surface area contributed by atoms with Crippen LogP contribution in [-0.4, -0.2) is 40.1 Å². The van der Waals surface area contributed by atoms with Gasteiger partial charge in [0.05, 0.1) is 34.5 Å². The molecule has 0 spiro atoms. The van der Waals surface area contributed by atoms with Crippen LogP contribution in [0.1, 0.15) is 0 Å². The van der Waals surface area contributed by atoms with Crippen LogP contribution in [0.25, 0.3) is 10.7 Å². The van der Waals surface area contributed by atoms with Gasteiger partial charge < -0.3 is 10.1 Å². The molecular weight excluding hydrogens is 392 g/mol. The number of anilines is 1. The second-order valence-electron chi connectivity index (χ2n) is 5.24. The number of carbonyl (C=O) groups is 1. The largest absolute Gasteiger partial charge is 0.383 e. The third kappa shape index (κ3) is 4.64. The average molecular weight is 409 g/mol. The fourth-order valence-corrected chi connectivity index (χ4v) is 3.91. The molecule has 0 aliphatic heterocycles. The zero-order valence-electron chi connectivity index (χ0n) is 14.0. The Bertz CT molecular complexity index is 868. The van der Waals surface area contributed by atoms with E-state index < -0.39 is 0 Å². The maximum atomic E-state index is 12.2. The second kappa shape index (κ2) is 9.18. The van der Waals surface area contributed by atoms with Gasteiger partial charge in [0.1, 0.15) is 0 Å². The molecule has 2 heterocycles. The molecule has 1 amide bonds. The average Bonchev–Trinajstić information content (AvgIpc) is 3.29. The number of rotatable bonds is 8. The fourth-order valence-electron chi connectivity index (χ4n) is 2.25. The second-order valence-corrected chi connectivity index (χ2v) is 7.54. The minimum absolute atomic E-state index is 0.151. The molecule has 0 aliphatic rings. The predicted molar refractivity (Wildman–Crippen MR) is 106 cm³/mol. The van der Waals surface area contributed by atoms with Crippen molar-refractivity contribution < 1.29 is 9.53 Å². The lowest BCUT2D eigenvalue weighted by atomic mass is 10.3. The van der Waals surface area contributed by atoms with Gasteiger partial charge in [-0.1, -0.05) is 41.6 Å². The van der Waals surface area contributed by atoms with E-state index in [9.17, 15) is 4.79 Å². The van der Waals surface area contributed by atoms with E-state index in [1.165, 1.54) is 11.8 Å². The van der Waals surface area contributed by atoms with E-state index in [2.05, 4.69) is 15.5 Å². The van der Waals surface area contributed by atoms with Crippen LogP contribution in [-0.2, 0) is 16.1 Å². The van der Waals surface area contributed by atoms with Crippen molar-refractivity contribution in [2.75, 3.05) is 24.8 Å². The van der Waals surface area contributed by atoms with E-state index in [4.69, 9.17) is 16.3 Å². The standard InChI is InChI=1S/C17H17ClN4O2S2/c1-24-9-8-22-16(14-7-4-10-25-14)20-21-17(22)26-11-15(23)19-13-6-3-2-5-12(13)18/h2-7,10H,8-9,11H2,1H3,(H,19,23).